The fraction of sp³-hybridized carbons (Fsp3) is 0.500. The third kappa shape index (κ3) is 1.65. The molecule has 0 amide bonds. The van der Waals surface area contributed by atoms with Crippen LogP contribution in [0.1, 0.15) is 23.8 Å². The maximum absolute atomic E-state index is 11.9. The Labute approximate surface area is 82.8 Å². The molecule has 1 saturated heterocycles. The molecule has 2 atom stereocenters. The molecule has 1 aliphatic heterocycles. The van der Waals surface area contributed by atoms with Gasteiger partial charge in [-0.1, -0.05) is 0 Å². The number of nitrogens with zero attached hydrogens (tertiary/aromatic N) is 2. The minimum absolute atomic E-state index is 0.0618. The zero-order valence-electron chi connectivity index (χ0n) is 8.10. The van der Waals surface area contributed by atoms with E-state index in [-0.39, 0.29) is 17.7 Å². The molecule has 1 aromatic rings. The number of carbonyl (C=O) groups excluding carboxylic acids is 1. The lowest BCUT2D eigenvalue weighted by molar-refractivity contribution is 0.0908. The van der Waals surface area contributed by atoms with Crippen LogP contribution in [0.25, 0.3) is 0 Å². The van der Waals surface area contributed by atoms with E-state index in [4.69, 9.17) is 0 Å². The normalized spacial score (nSPS) is 26.4. The largest absolute Gasteiger partial charge is 0.313 e. The van der Waals surface area contributed by atoms with Crippen LogP contribution in [0, 0.1) is 5.92 Å². The highest BCUT2D eigenvalue weighted by molar-refractivity contribution is 5.96. The number of Topliss-reactive ketones (excluding diaryl/α,β-unsaturated/α-hetero) is 1. The molecular formula is C10H13N3O. The molecule has 74 valence electrons. The molecule has 1 N–H and O–H groups in total. The summed E-state index contributed by atoms with van der Waals surface area (Å²) in [6.45, 7) is 2.95. The van der Waals surface area contributed by atoms with Gasteiger partial charge < -0.3 is 5.32 Å². The van der Waals surface area contributed by atoms with Crippen molar-refractivity contribution in [3.8, 4) is 0 Å². The van der Waals surface area contributed by atoms with Crippen LogP contribution in [-0.4, -0.2) is 28.3 Å². The van der Waals surface area contributed by atoms with Crippen molar-refractivity contribution < 1.29 is 4.79 Å². The van der Waals surface area contributed by atoms with Gasteiger partial charge in [0.25, 0.3) is 0 Å². The lowest BCUT2D eigenvalue weighted by Crippen LogP contribution is -2.28. The second-order valence-electron chi connectivity index (χ2n) is 3.59. The van der Waals surface area contributed by atoms with Crippen molar-refractivity contribution in [2.24, 2.45) is 5.92 Å². The molecule has 14 heavy (non-hydrogen) atoms. The SMILES string of the molecule is CC1NCCC1C(=O)c1cnccn1. The minimum atomic E-state index is 0.0618. The molecule has 4 heteroatoms. The van der Waals surface area contributed by atoms with Gasteiger partial charge in [-0.25, -0.2) is 4.98 Å². The second-order valence-corrected chi connectivity index (χ2v) is 3.59. The molecule has 4 nitrogen and oxygen atoms in total. The van der Waals surface area contributed by atoms with E-state index in [0.717, 1.165) is 13.0 Å². The Bertz CT molecular complexity index is 325. The molecule has 0 spiro atoms. The fourth-order valence-corrected chi connectivity index (χ4v) is 1.83. The minimum Gasteiger partial charge on any atom is -0.313 e. The van der Waals surface area contributed by atoms with E-state index in [1.807, 2.05) is 6.92 Å². The Morgan fingerprint density at radius 2 is 2.43 bits per heavy atom. The fourth-order valence-electron chi connectivity index (χ4n) is 1.83. The molecule has 1 aliphatic rings. The Morgan fingerprint density at radius 1 is 1.57 bits per heavy atom. The first-order valence-electron chi connectivity index (χ1n) is 4.82. The van der Waals surface area contributed by atoms with Gasteiger partial charge in [-0.15, -0.1) is 0 Å². The molecule has 1 aromatic heterocycles. The summed E-state index contributed by atoms with van der Waals surface area (Å²) < 4.78 is 0. The Morgan fingerprint density at radius 3 is 3.00 bits per heavy atom. The van der Waals surface area contributed by atoms with Crippen molar-refractivity contribution in [1.29, 1.82) is 0 Å². The highest BCUT2D eigenvalue weighted by atomic mass is 16.1. The quantitative estimate of drug-likeness (QED) is 0.698. The summed E-state index contributed by atoms with van der Waals surface area (Å²) in [6.07, 6.45) is 5.57. The zero-order chi connectivity index (χ0) is 9.97. The highest BCUT2D eigenvalue weighted by Gasteiger charge is 2.30. The van der Waals surface area contributed by atoms with Crippen molar-refractivity contribution in [1.82, 2.24) is 15.3 Å². The third-order valence-electron chi connectivity index (χ3n) is 2.68. The standard InChI is InChI=1S/C10H13N3O/c1-7-8(2-3-12-7)10(14)9-6-11-4-5-13-9/h4-8,12H,2-3H2,1H3. The molecule has 0 radical (unpaired) electrons. The van der Waals surface area contributed by atoms with Crippen molar-refractivity contribution in [3.05, 3.63) is 24.3 Å². The van der Waals surface area contributed by atoms with E-state index in [0.29, 0.717) is 5.69 Å². The van der Waals surface area contributed by atoms with E-state index >= 15 is 0 Å². The molecular weight excluding hydrogens is 178 g/mol. The van der Waals surface area contributed by atoms with E-state index in [2.05, 4.69) is 15.3 Å². The molecule has 2 unspecified atom stereocenters. The number of carbonyl (C=O) groups is 1. The first kappa shape index (κ1) is 9.27. The van der Waals surface area contributed by atoms with Crippen molar-refractivity contribution in [2.75, 3.05) is 6.54 Å². The summed E-state index contributed by atoms with van der Waals surface area (Å²) >= 11 is 0. The number of hydrogen-bond acceptors (Lipinski definition) is 4. The van der Waals surface area contributed by atoms with Gasteiger partial charge in [0.1, 0.15) is 5.69 Å². The highest BCUT2D eigenvalue weighted by Crippen LogP contribution is 2.18. The summed E-state index contributed by atoms with van der Waals surface area (Å²) in [5.41, 5.74) is 0.480. The van der Waals surface area contributed by atoms with Crippen molar-refractivity contribution >= 4 is 5.78 Å². The van der Waals surface area contributed by atoms with Gasteiger partial charge >= 0.3 is 0 Å². The summed E-state index contributed by atoms with van der Waals surface area (Å²) in [5, 5.41) is 3.25. The van der Waals surface area contributed by atoms with Crippen LogP contribution < -0.4 is 5.32 Å². The molecule has 2 heterocycles. The molecule has 2 rings (SSSR count). The smallest absolute Gasteiger partial charge is 0.187 e. The maximum Gasteiger partial charge on any atom is 0.187 e. The summed E-state index contributed by atoms with van der Waals surface area (Å²) in [7, 11) is 0. The van der Waals surface area contributed by atoms with Gasteiger partial charge in [0.2, 0.25) is 0 Å². The topological polar surface area (TPSA) is 54.9 Å². The summed E-state index contributed by atoms with van der Waals surface area (Å²) in [6, 6.07) is 0.254. The van der Waals surface area contributed by atoms with Crippen LogP contribution in [0.4, 0.5) is 0 Å². The molecule has 0 bridgehead atoms. The van der Waals surface area contributed by atoms with Crippen LogP contribution >= 0.6 is 0 Å². The predicted molar refractivity (Wildman–Crippen MR) is 51.9 cm³/mol. The van der Waals surface area contributed by atoms with Gasteiger partial charge in [0.05, 0.1) is 6.20 Å². The monoisotopic (exact) mass is 191 g/mol. The second kappa shape index (κ2) is 3.84. The molecule has 1 fully saturated rings. The van der Waals surface area contributed by atoms with Gasteiger partial charge in [0, 0.05) is 24.4 Å². The molecule has 0 aromatic carbocycles. The predicted octanol–water partition coefficient (Wildman–Crippen LogP) is 0.657. The van der Waals surface area contributed by atoms with Gasteiger partial charge in [-0.05, 0) is 19.9 Å². The average Bonchev–Trinajstić information content (AvgIpc) is 2.65. The van der Waals surface area contributed by atoms with E-state index in [9.17, 15) is 4.79 Å². The van der Waals surface area contributed by atoms with Crippen molar-refractivity contribution in [2.45, 2.75) is 19.4 Å². The summed E-state index contributed by atoms with van der Waals surface area (Å²) in [4.78, 5) is 19.8. The number of aromatic nitrogens is 2. The lowest BCUT2D eigenvalue weighted by atomic mass is 9.95. The maximum atomic E-state index is 11.9. The third-order valence-corrected chi connectivity index (χ3v) is 2.68. The number of hydrogen-bond donors (Lipinski definition) is 1. The van der Waals surface area contributed by atoms with Crippen LogP contribution in [-0.2, 0) is 0 Å². The van der Waals surface area contributed by atoms with Crippen molar-refractivity contribution in [3.63, 3.8) is 0 Å². The molecule has 0 aliphatic carbocycles. The van der Waals surface area contributed by atoms with Gasteiger partial charge in [-0.2, -0.15) is 0 Å². The Kier molecular flexibility index (Phi) is 2.54. The zero-order valence-corrected chi connectivity index (χ0v) is 8.10. The summed E-state index contributed by atoms with van der Waals surface area (Å²) in [5.74, 6) is 0.169. The number of nitrogens with one attached hydrogen (secondary N) is 1. The number of ketones is 1. The van der Waals surface area contributed by atoms with E-state index in [1.165, 1.54) is 6.20 Å². The van der Waals surface area contributed by atoms with Gasteiger partial charge in [0.15, 0.2) is 5.78 Å². The average molecular weight is 191 g/mol. The van der Waals surface area contributed by atoms with Crippen LogP contribution in [0.5, 0.6) is 0 Å². The van der Waals surface area contributed by atoms with Crippen LogP contribution in [0.15, 0.2) is 18.6 Å². The lowest BCUT2D eigenvalue weighted by Gasteiger charge is -2.12. The van der Waals surface area contributed by atoms with E-state index in [1.54, 1.807) is 12.4 Å². The first-order chi connectivity index (χ1) is 6.79. The Hall–Kier alpha value is -1.29. The van der Waals surface area contributed by atoms with Gasteiger partial charge in [-0.3, -0.25) is 9.78 Å². The Balaban J connectivity index is 2.16. The van der Waals surface area contributed by atoms with Crippen LogP contribution in [0.3, 0.4) is 0 Å². The first-order valence-corrected chi connectivity index (χ1v) is 4.82. The molecule has 0 saturated carbocycles. The number of rotatable bonds is 2. The van der Waals surface area contributed by atoms with Crippen LogP contribution in [0.2, 0.25) is 0 Å². The van der Waals surface area contributed by atoms with E-state index < -0.39 is 0 Å².